The third-order valence-corrected chi connectivity index (χ3v) is 4.79. The Hall–Kier alpha value is -2.33. The summed E-state index contributed by atoms with van der Waals surface area (Å²) in [4.78, 5) is 3.92. The van der Waals surface area contributed by atoms with Crippen LogP contribution in [-0.4, -0.2) is 28.0 Å². The summed E-state index contributed by atoms with van der Waals surface area (Å²) in [6.45, 7) is 0.601. The summed E-state index contributed by atoms with van der Waals surface area (Å²) >= 11 is 10.9. The molecular weight excluding hydrogens is 412 g/mol. The zero-order valence-electron chi connectivity index (χ0n) is 14.3. The highest BCUT2D eigenvalue weighted by molar-refractivity contribution is 7.71. The zero-order chi connectivity index (χ0) is 19.7. The highest BCUT2D eigenvalue weighted by atomic mass is 35.5. The fraction of sp³-hybridized carbons (Fsp3) is 0.222. The van der Waals surface area contributed by atoms with E-state index in [1.54, 1.807) is 12.1 Å². The van der Waals surface area contributed by atoms with Gasteiger partial charge in [-0.15, -0.1) is 0 Å². The Labute approximate surface area is 168 Å². The van der Waals surface area contributed by atoms with Gasteiger partial charge in [-0.1, -0.05) is 11.6 Å². The molecule has 0 saturated carbocycles. The van der Waals surface area contributed by atoms with Crippen molar-refractivity contribution in [2.24, 2.45) is 0 Å². The highest BCUT2D eigenvalue weighted by Gasteiger charge is 2.41. The van der Waals surface area contributed by atoms with Crippen LogP contribution >= 0.6 is 23.8 Å². The van der Waals surface area contributed by atoms with E-state index in [-0.39, 0.29) is 35.8 Å². The largest absolute Gasteiger partial charge is 0.451 e. The van der Waals surface area contributed by atoms with Crippen molar-refractivity contribution in [2.75, 3.05) is 13.2 Å². The molecule has 4 rings (SSSR count). The number of ether oxygens (including phenoxy) is 3. The normalized spacial score (nSPS) is 15.7. The van der Waals surface area contributed by atoms with E-state index in [0.717, 1.165) is 12.1 Å². The maximum Gasteiger partial charge on any atom is 0.215 e. The van der Waals surface area contributed by atoms with Gasteiger partial charge >= 0.3 is 0 Å². The molecule has 0 aliphatic carbocycles. The number of nitrogens with one attached hydrogen (secondary N) is 1. The summed E-state index contributed by atoms with van der Waals surface area (Å²) in [5, 5.41) is 3.31. The fourth-order valence-corrected chi connectivity index (χ4v) is 3.20. The van der Waals surface area contributed by atoms with Gasteiger partial charge in [0.1, 0.15) is 18.6 Å². The van der Waals surface area contributed by atoms with E-state index in [4.69, 9.17) is 38.0 Å². The summed E-state index contributed by atoms with van der Waals surface area (Å²) in [5.74, 6) is -3.46. The number of hydrogen-bond acceptors (Lipinski definition) is 5. The molecule has 2 heterocycles. The first kappa shape index (κ1) is 19.0. The molecule has 0 spiro atoms. The Balaban J connectivity index is 1.68. The minimum atomic E-state index is -1.40. The first-order valence-corrected chi connectivity index (χ1v) is 9.06. The number of H-pyrrole nitrogens is 1. The van der Waals surface area contributed by atoms with Crippen molar-refractivity contribution >= 4 is 23.8 Å². The third-order valence-electron chi connectivity index (χ3n) is 4.21. The minimum absolute atomic E-state index is 0.0576. The molecule has 1 aliphatic heterocycles. The smallest absolute Gasteiger partial charge is 0.215 e. The standard InChI is InChI=1S/C18H14ClF2N3O3S/c19-12-1-3-13(4-2-12)27-16-14(20)7-11(8-15(16)21)18(25-5-6-26-18)9-24-17(28)22-10-23-24/h1-4,7-8,10H,5-6,9H2,(H,22,23,28). The van der Waals surface area contributed by atoms with Crippen LogP contribution in [0.2, 0.25) is 5.02 Å². The van der Waals surface area contributed by atoms with Gasteiger partial charge in [0, 0.05) is 10.6 Å². The van der Waals surface area contributed by atoms with Crippen molar-refractivity contribution in [3.05, 3.63) is 69.7 Å². The van der Waals surface area contributed by atoms with E-state index >= 15 is 0 Å². The molecule has 0 atom stereocenters. The molecule has 0 amide bonds. The number of aromatic amines is 1. The van der Waals surface area contributed by atoms with Crippen LogP contribution in [-0.2, 0) is 21.8 Å². The molecule has 0 radical (unpaired) electrons. The molecule has 1 aliphatic rings. The van der Waals surface area contributed by atoms with Crippen molar-refractivity contribution in [1.82, 2.24) is 14.8 Å². The summed E-state index contributed by atoms with van der Waals surface area (Å²) in [5.41, 5.74) is 0.167. The predicted octanol–water partition coefficient (Wildman–Crippen LogP) is 4.56. The van der Waals surface area contributed by atoms with Crippen LogP contribution < -0.4 is 4.74 Å². The van der Waals surface area contributed by atoms with Crippen molar-refractivity contribution < 1.29 is 23.0 Å². The minimum Gasteiger partial charge on any atom is -0.451 e. The Morgan fingerprint density at radius 3 is 2.39 bits per heavy atom. The fourth-order valence-electron chi connectivity index (χ4n) is 2.90. The maximum atomic E-state index is 14.7. The number of benzene rings is 2. The van der Waals surface area contributed by atoms with Gasteiger partial charge < -0.3 is 14.2 Å². The van der Waals surface area contributed by atoms with Gasteiger partial charge in [-0.25, -0.2) is 13.8 Å². The van der Waals surface area contributed by atoms with Gasteiger partial charge in [-0.05, 0) is 48.6 Å². The van der Waals surface area contributed by atoms with Crippen LogP contribution in [0, 0.1) is 16.4 Å². The van der Waals surface area contributed by atoms with Crippen molar-refractivity contribution in [3.8, 4) is 11.5 Å². The second kappa shape index (κ2) is 7.59. The molecular formula is C18H14ClF2N3O3S. The summed E-state index contributed by atoms with van der Waals surface area (Å²) in [6, 6.07) is 8.40. The van der Waals surface area contributed by atoms with Gasteiger partial charge in [0.25, 0.3) is 0 Å². The van der Waals surface area contributed by atoms with E-state index < -0.39 is 23.2 Å². The van der Waals surface area contributed by atoms with Crippen LogP contribution in [0.3, 0.4) is 0 Å². The first-order chi connectivity index (χ1) is 13.5. The molecule has 1 fully saturated rings. The van der Waals surface area contributed by atoms with Gasteiger partial charge in [-0.3, -0.25) is 9.78 Å². The molecule has 10 heteroatoms. The van der Waals surface area contributed by atoms with Crippen LogP contribution in [0.15, 0.2) is 42.7 Å². The molecule has 3 aromatic rings. The van der Waals surface area contributed by atoms with Gasteiger partial charge in [0.2, 0.25) is 10.6 Å². The van der Waals surface area contributed by atoms with Crippen molar-refractivity contribution in [3.63, 3.8) is 0 Å². The average molecular weight is 426 g/mol. The lowest BCUT2D eigenvalue weighted by Crippen LogP contribution is -2.33. The van der Waals surface area contributed by atoms with E-state index in [1.807, 2.05) is 0 Å². The molecule has 1 aromatic heterocycles. The lowest BCUT2D eigenvalue weighted by atomic mass is 10.0. The molecule has 1 N–H and O–H groups in total. The van der Waals surface area contributed by atoms with E-state index in [9.17, 15) is 8.78 Å². The molecule has 1 saturated heterocycles. The zero-order valence-corrected chi connectivity index (χ0v) is 15.9. The van der Waals surface area contributed by atoms with Crippen LogP contribution in [0.25, 0.3) is 0 Å². The summed E-state index contributed by atoms with van der Waals surface area (Å²) in [6.07, 6.45) is 1.41. The SMILES string of the molecule is Fc1cc(C2(Cn3[nH]cnc3=S)OCCO2)cc(F)c1Oc1ccc(Cl)cc1. The lowest BCUT2D eigenvalue weighted by molar-refractivity contribution is -0.178. The Bertz CT molecular complexity index is 1030. The van der Waals surface area contributed by atoms with Crippen LogP contribution in [0.5, 0.6) is 11.5 Å². The van der Waals surface area contributed by atoms with E-state index in [1.165, 1.54) is 23.1 Å². The van der Waals surface area contributed by atoms with Gasteiger partial charge in [-0.2, -0.15) is 0 Å². The summed E-state index contributed by atoms with van der Waals surface area (Å²) < 4.78 is 47.9. The van der Waals surface area contributed by atoms with Crippen LogP contribution in [0.4, 0.5) is 8.78 Å². The van der Waals surface area contributed by atoms with Gasteiger partial charge in [0.05, 0.1) is 13.2 Å². The van der Waals surface area contributed by atoms with Crippen molar-refractivity contribution in [2.45, 2.75) is 12.3 Å². The number of nitrogens with zero attached hydrogens (tertiary/aromatic N) is 2. The third kappa shape index (κ3) is 3.66. The highest BCUT2D eigenvalue weighted by Crippen LogP contribution is 2.37. The Kier molecular flexibility index (Phi) is 5.15. The number of rotatable bonds is 5. The maximum absolute atomic E-state index is 14.7. The molecule has 2 aromatic carbocycles. The molecule has 146 valence electrons. The lowest BCUT2D eigenvalue weighted by Gasteiger charge is -2.28. The summed E-state index contributed by atoms with van der Waals surface area (Å²) in [7, 11) is 0. The Morgan fingerprint density at radius 2 is 1.82 bits per heavy atom. The van der Waals surface area contributed by atoms with Crippen molar-refractivity contribution in [1.29, 1.82) is 0 Å². The molecule has 0 bridgehead atoms. The molecule has 28 heavy (non-hydrogen) atoms. The van der Waals surface area contributed by atoms with Crippen LogP contribution in [0.1, 0.15) is 5.56 Å². The second-order valence-corrected chi connectivity index (χ2v) is 6.83. The molecule has 0 unspecified atom stereocenters. The quantitative estimate of drug-likeness (QED) is 0.607. The van der Waals surface area contributed by atoms with E-state index in [2.05, 4.69) is 10.1 Å². The number of aromatic nitrogens is 3. The second-order valence-electron chi connectivity index (χ2n) is 6.03. The van der Waals surface area contributed by atoms with E-state index in [0.29, 0.717) is 5.02 Å². The monoisotopic (exact) mass is 425 g/mol. The first-order valence-electron chi connectivity index (χ1n) is 8.28. The average Bonchev–Trinajstić information content (AvgIpc) is 3.30. The number of halogens is 3. The number of hydrogen-bond donors (Lipinski definition) is 1. The van der Waals surface area contributed by atoms with Gasteiger partial charge in [0.15, 0.2) is 17.4 Å². The molecule has 6 nitrogen and oxygen atoms in total. The predicted molar refractivity (Wildman–Crippen MR) is 98.9 cm³/mol. The topological polar surface area (TPSA) is 61.3 Å². The Morgan fingerprint density at radius 1 is 1.18 bits per heavy atom.